The largest absolute Gasteiger partial charge is 0.316 e. The van der Waals surface area contributed by atoms with Gasteiger partial charge in [0.1, 0.15) is 0 Å². The normalized spacial score (nSPS) is 14.4. The molecule has 1 aromatic carbocycles. The van der Waals surface area contributed by atoms with E-state index < -0.39 is 0 Å². The van der Waals surface area contributed by atoms with E-state index in [0.717, 1.165) is 19.4 Å². The summed E-state index contributed by atoms with van der Waals surface area (Å²) in [4.78, 5) is 4.60. The standard InChI is InChI=1S/C16H21N3/c1-12-7-8-13(10-17-2)9-16(12)19-11-18-14-5-3-4-6-15(14)19/h7-9,11,17H,3-6,10H2,1-2H3. The van der Waals surface area contributed by atoms with Crippen molar-refractivity contribution in [2.24, 2.45) is 0 Å². The molecule has 0 unspecified atom stereocenters. The van der Waals surface area contributed by atoms with E-state index in [1.54, 1.807) is 0 Å². The van der Waals surface area contributed by atoms with Gasteiger partial charge in [-0.25, -0.2) is 4.98 Å². The Kier molecular flexibility index (Phi) is 3.38. The van der Waals surface area contributed by atoms with Crippen molar-refractivity contribution in [1.82, 2.24) is 14.9 Å². The average molecular weight is 255 g/mol. The maximum absolute atomic E-state index is 4.60. The summed E-state index contributed by atoms with van der Waals surface area (Å²) in [6, 6.07) is 6.68. The van der Waals surface area contributed by atoms with Gasteiger partial charge in [-0.2, -0.15) is 0 Å². The summed E-state index contributed by atoms with van der Waals surface area (Å²) in [5, 5.41) is 3.21. The highest BCUT2D eigenvalue weighted by molar-refractivity contribution is 5.45. The summed E-state index contributed by atoms with van der Waals surface area (Å²) in [7, 11) is 1.98. The minimum Gasteiger partial charge on any atom is -0.316 e. The van der Waals surface area contributed by atoms with E-state index in [1.807, 2.05) is 13.4 Å². The predicted octanol–water partition coefficient (Wildman–Crippen LogP) is 2.78. The highest BCUT2D eigenvalue weighted by Crippen LogP contribution is 2.25. The average Bonchev–Trinajstić information content (AvgIpc) is 2.85. The molecule has 1 N–H and O–H groups in total. The van der Waals surface area contributed by atoms with Gasteiger partial charge < -0.3 is 9.88 Å². The molecule has 0 amide bonds. The summed E-state index contributed by atoms with van der Waals surface area (Å²) < 4.78 is 2.29. The zero-order chi connectivity index (χ0) is 13.2. The Balaban J connectivity index is 2.06. The molecule has 0 saturated heterocycles. The van der Waals surface area contributed by atoms with Gasteiger partial charge >= 0.3 is 0 Å². The number of imidazole rings is 1. The van der Waals surface area contributed by atoms with Crippen LogP contribution in [-0.2, 0) is 19.4 Å². The zero-order valence-corrected chi connectivity index (χ0v) is 11.7. The van der Waals surface area contributed by atoms with Gasteiger partial charge in [0.2, 0.25) is 0 Å². The van der Waals surface area contributed by atoms with E-state index in [4.69, 9.17) is 0 Å². The number of nitrogens with one attached hydrogen (secondary N) is 1. The predicted molar refractivity (Wildman–Crippen MR) is 77.7 cm³/mol. The van der Waals surface area contributed by atoms with E-state index in [2.05, 4.69) is 40.0 Å². The molecule has 19 heavy (non-hydrogen) atoms. The Morgan fingerprint density at radius 3 is 2.95 bits per heavy atom. The van der Waals surface area contributed by atoms with Gasteiger partial charge in [-0.15, -0.1) is 0 Å². The van der Waals surface area contributed by atoms with Gasteiger partial charge in [-0.3, -0.25) is 0 Å². The third-order valence-corrected chi connectivity index (χ3v) is 3.94. The van der Waals surface area contributed by atoms with Crippen LogP contribution in [0.4, 0.5) is 0 Å². The van der Waals surface area contributed by atoms with Gasteiger partial charge in [0, 0.05) is 17.9 Å². The van der Waals surface area contributed by atoms with Gasteiger partial charge in [-0.1, -0.05) is 12.1 Å². The Bertz CT molecular complexity index is 584. The van der Waals surface area contributed by atoms with Crippen LogP contribution in [0.3, 0.4) is 0 Å². The SMILES string of the molecule is CNCc1ccc(C)c(-n2cnc3c2CCCC3)c1. The van der Waals surface area contributed by atoms with E-state index in [9.17, 15) is 0 Å². The second-order valence-electron chi connectivity index (χ2n) is 5.37. The molecule has 1 heterocycles. The van der Waals surface area contributed by atoms with E-state index in [-0.39, 0.29) is 0 Å². The van der Waals surface area contributed by atoms with Crippen LogP contribution in [0, 0.1) is 6.92 Å². The number of hydrogen-bond acceptors (Lipinski definition) is 2. The smallest absolute Gasteiger partial charge is 0.0997 e. The molecule has 0 radical (unpaired) electrons. The first-order valence-electron chi connectivity index (χ1n) is 7.09. The molecule has 3 rings (SSSR count). The van der Waals surface area contributed by atoms with Crippen LogP contribution in [0.15, 0.2) is 24.5 Å². The number of benzene rings is 1. The third kappa shape index (κ3) is 2.30. The van der Waals surface area contributed by atoms with Crippen molar-refractivity contribution in [2.45, 2.75) is 39.2 Å². The minimum absolute atomic E-state index is 0.907. The molecule has 2 aromatic rings. The molecule has 1 aromatic heterocycles. The van der Waals surface area contributed by atoms with Crippen molar-refractivity contribution in [3.05, 3.63) is 47.0 Å². The highest BCUT2D eigenvalue weighted by atomic mass is 15.1. The topological polar surface area (TPSA) is 29.9 Å². The molecule has 1 aliphatic rings. The number of rotatable bonds is 3. The lowest BCUT2D eigenvalue weighted by atomic mass is 10.0. The summed E-state index contributed by atoms with van der Waals surface area (Å²) in [5.41, 5.74) is 6.62. The van der Waals surface area contributed by atoms with Crippen LogP contribution < -0.4 is 5.32 Å². The van der Waals surface area contributed by atoms with E-state index >= 15 is 0 Å². The molecule has 100 valence electrons. The molecule has 0 atom stereocenters. The lowest BCUT2D eigenvalue weighted by Gasteiger charge is -2.16. The molecule has 3 heteroatoms. The molecule has 0 spiro atoms. The van der Waals surface area contributed by atoms with Crippen molar-refractivity contribution in [3.8, 4) is 5.69 Å². The molecule has 0 fully saturated rings. The van der Waals surface area contributed by atoms with Crippen molar-refractivity contribution in [3.63, 3.8) is 0 Å². The third-order valence-electron chi connectivity index (χ3n) is 3.94. The Hall–Kier alpha value is -1.61. The highest BCUT2D eigenvalue weighted by Gasteiger charge is 2.16. The van der Waals surface area contributed by atoms with Crippen LogP contribution in [0.5, 0.6) is 0 Å². The van der Waals surface area contributed by atoms with Crippen LogP contribution >= 0.6 is 0 Å². The van der Waals surface area contributed by atoms with Crippen molar-refractivity contribution < 1.29 is 0 Å². The lowest BCUT2D eigenvalue weighted by molar-refractivity contribution is 0.655. The fourth-order valence-corrected chi connectivity index (χ4v) is 2.91. The van der Waals surface area contributed by atoms with Crippen molar-refractivity contribution >= 4 is 0 Å². The second kappa shape index (κ2) is 5.17. The Morgan fingerprint density at radius 2 is 2.11 bits per heavy atom. The van der Waals surface area contributed by atoms with Crippen LogP contribution in [0.2, 0.25) is 0 Å². The summed E-state index contributed by atoms with van der Waals surface area (Å²) in [5.74, 6) is 0. The van der Waals surface area contributed by atoms with Crippen LogP contribution in [-0.4, -0.2) is 16.6 Å². The zero-order valence-electron chi connectivity index (χ0n) is 11.7. The Morgan fingerprint density at radius 1 is 1.26 bits per heavy atom. The maximum atomic E-state index is 4.60. The number of hydrogen-bond donors (Lipinski definition) is 1. The first-order valence-corrected chi connectivity index (χ1v) is 7.09. The van der Waals surface area contributed by atoms with Gasteiger partial charge in [0.05, 0.1) is 12.0 Å². The molecule has 3 nitrogen and oxygen atoms in total. The second-order valence-corrected chi connectivity index (χ2v) is 5.37. The summed E-state index contributed by atoms with van der Waals surface area (Å²) in [6.07, 6.45) is 6.86. The summed E-state index contributed by atoms with van der Waals surface area (Å²) >= 11 is 0. The quantitative estimate of drug-likeness (QED) is 0.914. The van der Waals surface area contributed by atoms with Gasteiger partial charge in [0.25, 0.3) is 0 Å². The van der Waals surface area contributed by atoms with Crippen LogP contribution in [0.25, 0.3) is 5.69 Å². The molecular formula is C16H21N3. The van der Waals surface area contributed by atoms with Gasteiger partial charge in [-0.05, 0) is 56.8 Å². The first kappa shape index (κ1) is 12.4. The first-order chi connectivity index (χ1) is 9.29. The number of aromatic nitrogens is 2. The Labute approximate surface area is 114 Å². The van der Waals surface area contributed by atoms with Gasteiger partial charge in [0.15, 0.2) is 0 Å². The molecule has 0 saturated carbocycles. The molecule has 1 aliphatic carbocycles. The van der Waals surface area contributed by atoms with E-state index in [1.165, 1.54) is 41.0 Å². The molecule has 0 bridgehead atoms. The summed E-state index contributed by atoms with van der Waals surface area (Å²) in [6.45, 7) is 3.08. The minimum atomic E-state index is 0.907. The van der Waals surface area contributed by atoms with E-state index in [0.29, 0.717) is 0 Å². The number of nitrogens with zero attached hydrogens (tertiary/aromatic N) is 2. The van der Waals surface area contributed by atoms with Crippen molar-refractivity contribution in [1.29, 1.82) is 0 Å². The van der Waals surface area contributed by atoms with Crippen molar-refractivity contribution in [2.75, 3.05) is 7.05 Å². The fraction of sp³-hybridized carbons (Fsp3) is 0.438. The van der Waals surface area contributed by atoms with Crippen LogP contribution in [0.1, 0.15) is 35.4 Å². The molecular weight excluding hydrogens is 234 g/mol. The lowest BCUT2D eigenvalue weighted by Crippen LogP contribution is -2.09. The fourth-order valence-electron chi connectivity index (χ4n) is 2.91. The molecule has 0 aliphatic heterocycles. The number of fused-ring (bicyclic) bond motifs is 1. The monoisotopic (exact) mass is 255 g/mol. The maximum Gasteiger partial charge on any atom is 0.0997 e. The number of aryl methyl sites for hydroxylation is 2.